The average molecular weight is 180 g/mol. The predicted molar refractivity (Wildman–Crippen MR) is 52.5 cm³/mol. The van der Waals surface area contributed by atoms with Crippen LogP contribution >= 0.6 is 0 Å². The summed E-state index contributed by atoms with van der Waals surface area (Å²) < 4.78 is 5.51. The third kappa shape index (κ3) is 2.81. The largest absolute Gasteiger partial charge is 0.362 e. The second kappa shape index (κ2) is 4.97. The Kier molecular flexibility index (Phi) is 3.90. The Morgan fingerprint density at radius 2 is 2.46 bits per heavy atom. The van der Waals surface area contributed by atoms with Gasteiger partial charge in [-0.2, -0.15) is 0 Å². The fraction of sp³-hybridized carbons (Fsp3) is 0.545. The Hall–Kier alpha value is -0.890. The highest BCUT2D eigenvalue weighted by Crippen LogP contribution is 2.20. The van der Waals surface area contributed by atoms with Gasteiger partial charge in [0.1, 0.15) is 6.10 Å². The molecule has 1 fully saturated rings. The third-order valence-electron chi connectivity index (χ3n) is 2.07. The van der Waals surface area contributed by atoms with Crippen LogP contribution in [0.3, 0.4) is 0 Å². The Morgan fingerprint density at radius 1 is 1.69 bits per heavy atom. The van der Waals surface area contributed by atoms with Gasteiger partial charge in [-0.3, -0.25) is 4.79 Å². The van der Waals surface area contributed by atoms with E-state index in [0.29, 0.717) is 12.8 Å². The molecular formula is C11H16O2. The first-order valence-electron chi connectivity index (χ1n) is 4.73. The van der Waals surface area contributed by atoms with Gasteiger partial charge in [0.05, 0.1) is 6.10 Å². The van der Waals surface area contributed by atoms with Crippen LogP contribution in [0.1, 0.15) is 26.2 Å². The fourth-order valence-corrected chi connectivity index (χ4v) is 1.40. The summed E-state index contributed by atoms with van der Waals surface area (Å²) in [7, 11) is 0. The van der Waals surface area contributed by atoms with Gasteiger partial charge in [0, 0.05) is 6.42 Å². The summed E-state index contributed by atoms with van der Waals surface area (Å²) in [5.41, 5.74) is 0. The molecule has 1 saturated heterocycles. The lowest BCUT2D eigenvalue weighted by atomic mass is 10.1. The highest BCUT2D eigenvalue weighted by molar-refractivity contribution is 5.85. The van der Waals surface area contributed by atoms with Crippen molar-refractivity contribution in [2.24, 2.45) is 0 Å². The van der Waals surface area contributed by atoms with Crippen LogP contribution in [0.4, 0.5) is 0 Å². The van der Waals surface area contributed by atoms with Crippen LogP contribution in [0.2, 0.25) is 0 Å². The third-order valence-corrected chi connectivity index (χ3v) is 2.07. The molecular weight excluding hydrogens is 164 g/mol. The van der Waals surface area contributed by atoms with E-state index in [1.165, 1.54) is 0 Å². The zero-order valence-corrected chi connectivity index (χ0v) is 8.03. The van der Waals surface area contributed by atoms with Crippen LogP contribution in [0.5, 0.6) is 0 Å². The summed E-state index contributed by atoms with van der Waals surface area (Å²) in [5, 5.41) is 0. The average Bonchev–Trinajstić information content (AvgIpc) is 2.45. The van der Waals surface area contributed by atoms with Gasteiger partial charge in [-0.05, 0) is 12.8 Å². The molecule has 2 nitrogen and oxygen atoms in total. The Morgan fingerprint density at radius 3 is 3.08 bits per heavy atom. The topological polar surface area (TPSA) is 26.3 Å². The quantitative estimate of drug-likeness (QED) is 0.620. The van der Waals surface area contributed by atoms with Gasteiger partial charge >= 0.3 is 0 Å². The normalized spacial score (nSPS) is 28.5. The minimum atomic E-state index is -0.246. The van der Waals surface area contributed by atoms with Crippen molar-refractivity contribution >= 4 is 5.78 Å². The summed E-state index contributed by atoms with van der Waals surface area (Å²) in [6.07, 6.45) is 7.63. The van der Waals surface area contributed by atoms with Gasteiger partial charge in [0.25, 0.3) is 0 Å². The van der Waals surface area contributed by atoms with E-state index in [4.69, 9.17) is 4.74 Å². The van der Waals surface area contributed by atoms with E-state index >= 15 is 0 Å². The van der Waals surface area contributed by atoms with Crippen LogP contribution < -0.4 is 0 Å². The zero-order valence-electron chi connectivity index (χ0n) is 8.03. The minimum absolute atomic E-state index is 0.00241. The molecule has 13 heavy (non-hydrogen) atoms. The van der Waals surface area contributed by atoms with E-state index in [-0.39, 0.29) is 18.0 Å². The second-order valence-corrected chi connectivity index (χ2v) is 3.19. The predicted octanol–water partition coefficient (Wildman–Crippen LogP) is 2.26. The molecule has 2 heteroatoms. The molecule has 0 saturated carbocycles. The van der Waals surface area contributed by atoms with Gasteiger partial charge in [0.2, 0.25) is 0 Å². The maximum atomic E-state index is 11.3. The molecule has 0 aliphatic carbocycles. The molecule has 1 rings (SSSR count). The van der Waals surface area contributed by atoms with Crippen molar-refractivity contribution < 1.29 is 9.53 Å². The van der Waals surface area contributed by atoms with Crippen molar-refractivity contribution in [2.45, 2.75) is 38.4 Å². The highest BCUT2D eigenvalue weighted by atomic mass is 16.5. The molecule has 1 aliphatic heterocycles. The number of ketones is 1. The molecule has 1 heterocycles. The number of Topliss-reactive ketones (excluding diaryl/α,β-unsaturated/α-hetero) is 1. The lowest BCUT2D eigenvalue weighted by molar-refractivity contribution is -0.122. The Labute approximate surface area is 79.3 Å². The number of rotatable bonds is 4. The van der Waals surface area contributed by atoms with Crippen molar-refractivity contribution in [2.75, 3.05) is 0 Å². The van der Waals surface area contributed by atoms with E-state index in [1.807, 2.05) is 12.2 Å². The summed E-state index contributed by atoms with van der Waals surface area (Å²) >= 11 is 0. The van der Waals surface area contributed by atoms with Crippen LogP contribution in [-0.2, 0) is 9.53 Å². The van der Waals surface area contributed by atoms with E-state index in [1.54, 1.807) is 6.08 Å². The number of carbonyl (C=O) groups is 1. The van der Waals surface area contributed by atoms with Crippen LogP contribution in [-0.4, -0.2) is 18.0 Å². The fourth-order valence-electron chi connectivity index (χ4n) is 1.40. The highest BCUT2D eigenvalue weighted by Gasteiger charge is 2.30. The van der Waals surface area contributed by atoms with E-state index < -0.39 is 0 Å². The number of ether oxygens (including phenoxy) is 1. The maximum absolute atomic E-state index is 11.3. The Balaban J connectivity index is 2.44. The molecule has 0 radical (unpaired) electrons. The number of carbonyl (C=O) groups excluding carboxylic acids is 1. The van der Waals surface area contributed by atoms with Crippen molar-refractivity contribution in [3.05, 3.63) is 24.8 Å². The molecule has 0 bridgehead atoms. The van der Waals surface area contributed by atoms with Gasteiger partial charge in [-0.15, -0.1) is 6.58 Å². The van der Waals surface area contributed by atoms with Crippen LogP contribution in [0, 0.1) is 0 Å². The minimum Gasteiger partial charge on any atom is -0.362 e. The SMILES string of the molecule is C=CC[C@@H]1O[C@@H](/C=C/CC)CC1=O. The van der Waals surface area contributed by atoms with Crippen molar-refractivity contribution in [1.82, 2.24) is 0 Å². The standard InChI is InChI=1S/C11H16O2/c1-3-5-7-9-8-10(12)11(13-9)6-4-2/h4-5,7,9,11H,2-3,6,8H2,1H3/b7-5+/t9-,11-/m0/s1. The Bertz CT molecular complexity index is 218. The number of allylic oxidation sites excluding steroid dienone is 1. The van der Waals surface area contributed by atoms with Crippen molar-refractivity contribution in [1.29, 1.82) is 0 Å². The first kappa shape index (κ1) is 10.2. The molecule has 72 valence electrons. The molecule has 2 atom stereocenters. The molecule has 1 aliphatic rings. The van der Waals surface area contributed by atoms with Crippen LogP contribution in [0.15, 0.2) is 24.8 Å². The first-order chi connectivity index (χ1) is 6.27. The summed E-state index contributed by atoms with van der Waals surface area (Å²) in [5.74, 6) is 0.200. The molecule has 0 spiro atoms. The monoisotopic (exact) mass is 180 g/mol. The molecule has 0 unspecified atom stereocenters. The van der Waals surface area contributed by atoms with Crippen LogP contribution in [0.25, 0.3) is 0 Å². The van der Waals surface area contributed by atoms with E-state index in [9.17, 15) is 4.79 Å². The van der Waals surface area contributed by atoms with E-state index in [0.717, 1.165) is 6.42 Å². The summed E-state index contributed by atoms with van der Waals surface area (Å²) in [4.78, 5) is 11.3. The first-order valence-corrected chi connectivity index (χ1v) is 4.73. The molecule has 0 amide bonds. The lowest BCUT2D eigenvalue weighted by Crippen LogP contribution is -2.13. The molecule has 0 aromatic rings. The molecule has 0 aromatic carbocycles. The molecule has 0 N–H and O–H groups in total. The van der Waals surface area contributed by atoms with Gasteiger partial charge in [0.15, 0.2) is 5.78 Å². The maximum Gasteiger partial charge on any atom is 0.164 e. The second-order valence-electron chi connectivity index (χ2n) is 3.19. The van der Waals surface area contributed by atoms with Gasteiger partial charge in [-0.25, -0.2) is 0 Å². The zero-order chi connectivity index (χ0) is 9.68. The molecule has 0 aromatic heterocycles. The summed E-state index contributed by atoms with van der Waals surface area (Å²) in [6.45, 7) is 5.66. The number of hydrogen-bond donors (Lipinski definition) is 0. The van der Waals surface area contributed by atoms with Gasteiger partial charge in [-0.1, -0.05) is 25.2 Å². The van der Waals surface area contributed by atoms with Gasteiger partial charge < -0.3 is 4.74 Å². The van der Waals surface area contributed by atoms with E-state index in [2.05, 4.69) is 13.5 Å². The van der Waals surface area contributed by atoms with Crippen molar-refractivity contribution in [3.63, 3.8) is 0 Å². The smallest absolute Gasteiger partial charge is 0.164 e. The number of hydrogen-bond acceptors (Lipinski definition) is 2. The lowest BCUT2D eigenvalue weighted by Gasteiger charge is -2.06. The summed E-state index contributed by atoms with van der Waals surface area (Å²) in [6, 6.07) is 0. The van der Waals surface area contributed by atoms with Crippen molar-refractivity contribution in [3.8, 4) is 0 Å².